The van der Waals surface area contributed by atoms with Crippen LogP contribution >= 0.6 is 12.4 Å². The molecule has 0 aliphatic rings. The maximum Gasteiger partial charge on any atom is 0.240 e. The fraction of sp³-hybridized carbons (Fsp3) is 0.316. The van der Waals surface area contributed by atoms with Crippen LogP contribution in [0.1, 0.15) is 29.2 Å². The molecule has 8 heteroatoms. The molecular weight excluding hydrogens is 386 g/mol. The van der Waals surface area contributed by atoms with Gasteiger partial charge in [-0.3, -0.25) is 4.79 Å². The zero-order valence-corrected chi connectivity index (χ0v) is 17.1. The SMILES string of the molecule is Cc1ccc(S(=O)(=O)NCC(NC(=O)CCN)c2ccccc2)c(C)c1.Cl. The molecule has 2 aromatic carbocycles. The van der Waals surface area contributed by atoms with Gasteiger partial charge in [-0.1, -0.05) is 48.0 Å². The van der Waals surface area contributed by atoms with Crippen molar-refractivity contribution in [1.82, 2.24) is 10.0 Å². The van der Waals surface area contributed by atoms with Gasteiger partial charge in [-0.05, 0) is 31.0 Å². The maximum atomic E-state index is 12.7. The Balaban J connectivity index is 0.00000364. The number of nitrogens with two attached hydrogens (primary N) is 1. The second-order valence-electron chi connectivity index (χ2n) is 6.19. The number of sulfonamides is 1. The molecule has 4 N–H and O–H groups in total. The van der Waals surface area contributed by atoms with E-state index in [2.05, 4.69) is 10.0 Å². The highest BCUT2D eigenvalue weighted by atomic mass is 35.5. The van der Waals surface area contributed by atoms with Gasteiger partial charge in [0.15, 0.2) is 0 Å². The number of benzene rings is 2. The molecule has 0 aliphatic carbocycles. The fourth-order valence-electron chi connectivity index (χ4n) is 2.71. The first-order valence-electron chi connectivity index (χ1n) is 8.45. The van der Waals surface area contributed by atoms with Crippen molar-refractivity contribution >= 4 is 28.3 Å². The minimum absolute atomic E-state index is 0. The quantitative estimate of drug-likeness (QED) is 0.619. The van der Waals surface area contributed by atoms with Crippen LogP contribution in [-0.2, 0) is 14.8 Å². The Labute approximate surface area is 167 Å². The molecule has 6 nitrogen and oxygen atoms in total. The number of aryl methyl sites for hydroxylation is 2. The minimum Gasteiger partial charge on any atom is -0.348 e. The molecule has 0 radical (unpaired) electrons. The molecule has 1 atom stereocenters. The summed E-state index contributed by atoms with van der Waals surface area (Å²) in [4.78, 5) is 12.2. The van der Waals surface area contributed by atoms with E-state index in [0.717, 1.165) is 11.1 Å². The molecule has 1 unspecified atom stereocenters. The van der Waals surface area contributed by atoms with E-state index in [9.17, 15) is 13.2 Å². The van der Waals surface area contributed by atoms with Gasteiger partial charge in [-0.15, -0.1) is 12.4 Å². The second-order valence-corrected chi connectivity index (χ2v) is 7.93. The number of amides is 1. The minimum atomic E-state index is -3.68. The van der Waals surface area contributed by atoms with Crippen molar-refractivity contribution in [2.75, 3.05) is 13.1 Å². The summed E-state index contributed by atoms with van der Waals surface area (Å²) in [7, 11) is -3.68. The van der Waals surface area contributed by atoms with Crippen LogP contribution in [0.5, 0.6) is 0 Å². The summed E-state index contributed by atoms with van der Waals surface area (Å²) in [5.74, 6) is -0.216. The van der Waals surface area contributed by atoms with Crippen molar-refractivity contribution in [2.24, 2.45) is 5.73 Å². The number of rotatable bonds is 8. The third-order valence-corrected chi connectivity index (χ3v) is 5.59. The normalized spacial score (nSPS) is 12.1. The molecule has 0 saturated heterocycles. The molecule has 0 aromatic heterocycles. The standard InChI is InChI=1S/C19H25N3O3S.ClH/c1-14-8-9-18(15(2)12-14)26(24,25)21-13-17(22-19(23)10-11-20)16-6-4-3-5-7-16;/h3-9,12,17,21H,10-11,13,20H2,1-2H3,(H,22,23);1H. The summed E-state index contributed by atoms with van der Waals surface area (Å²) < 4.78 is 27.9. The van der Waals surface area contributed by atoms with Crippen molar-refractivity contribution in [3.63, 3.8) is 0 Å². The molecule has 0 fully saturated rings. The highest BCUT2D eigenvalue weighted by Gasteiger charge is 2.21. The van der Waals surface area contributed by atoms with Crippen LogP contribution in [0.25, 0.3) is 0 Å². The van der Waals surface area contributed by atoms with Crippen molar-refractivity contribution in [2.45, 2.75) is 31.2 Å². The van der Waals surface area contributed by atoms with Crippen LogP contribution in [-0.4, -0.2) is 27.4 Å². The fourth-order valence-corrected chi connectivity index (χ4v) is 3.98. The van der Waals surface area contributed by atoms with Gasteiger partial charge in [0.1, 0.15) is 0 Å². The third-order valence-electron chi connectivity index (χ3n) is 4.01. The summed E-state index contributed by atoms with van der Waals surface area (Å²) in [6.45, 7) is 3.96. The highest BCUT2D eigenvalue weighted by molar-refractivity contribution is 7.89. The molecular formula is C19H26ClN3O3S. The van der Waals surface area contributed by atoms with E-state index < -0.39 is 16.1 Å². The third kappa shape index (κ3) is 6.62. The van der Waals surface area contributed by atoms with Crippen LogP contribution in [0.2, 0.25) is 0 Å². The van der Waals surface area contributed by atoms with E-state index in [1.165, 1.54) is 0 Å². The van der Waals surface area contributed by atoms with Crippen LogP contribution in [0.15, 0.2) is 53.4 Å². The summed E-state index contributed by atoms with van der Waals surface area (Å²) in [6, 6.07) is 13.9. The highest BCUT2D eigenvalue weighted by Crippen LogP contribution is 2.18. The predicted molar refractivity (Wildman–Crippen MR) is 109 cm³/mol. The molecule has 1 amide bonds. The van der Waals surface area contributed by atoms with Crippen molar-refractivity contribution in [3.05, 3.63) is 65.2 Å². The molecule has 0 aliphatic heterocycles. The Morgan fingerprint density at radius 2 is 1.78 bits per heavy atom. The summed E-state index contributed by atoms with van der Waals surface area (Å²) >= 11 is 0. The number of carbonyl (C=O) groups is 1. The van der Waals surface area contributed by atoms with Gasteiger partial charge in [0.25, 0.3) is 0 Å². The number of hydrogen-bond acceptors (Lipinski definition) is 4. The Hall–Kier alpha value is -1.93. The Morgan fingerprint density at radius 1 is 1.11 bits per heavy atom. The van der Waals surface area contributed by atoms with Crippen LogP contribution in [0.4, 0.5) is 0 Å². The second kappa shape index (κ2) is 10.4. The maximum absolute atomic E-state index is 12.7. The first-order valence-corrected chi connectivity index (χ1v) is 9.93. The van der Waals surface area contributed by atoms with E-state index in [1.807, 2.05) is 43.3 Å². The van der Waals surface area contributed by atoms with Crippen LogP contribution in [0, 0.1) is 13.8 Å². The Morgan fingerprint density at radius 3 is 2.37 bits per heavy atom. The largest absolute Gasteiger partial charge is 0.348 e. The average molecular weight is 412 g/mol. The lowest BCUT2D eigenvalue weighted by Crippen LogP contribution is -2.38. The Kier molecular flexibility index (Phi) is 8.92. The first-order chi connectivity index (χ1) is 12.3. The lowest BCUT2D eigenvalue weighted by atomic mass is 10.1. The van der Waals surface area contributed by atoms with Crippen LogP contribution < -0.4 is 15.8 Å². The molecule has 0 heterocycles. The van der Waals surface area contributed by atoms with Crippen LogP contribution in [0.3, 0.4) is 0 Å². The number of hydrogen-bond donors (Lipinski definition) is 3. The van der Waals surface area contributed by atoms with Gasteiger partial charge in [-0.25, -0.2) is 13.1 Å². The monoisotopic (exact) mass is 411 g/mol. The van der Waals surface area contributed by atoms with E-state index >= 15 is 0 Å². The smallest absolute Gasteiger partial charge is 0.240 e. The summed E-state index contributed by atoms with van der Waals surface area (Å²) in [6.07, 6.45) is 0.188. The lowest BCUT2D eigenvalue weighted by Gasteiger charge is -2.20. The summed E-state index contributed by atoms with van der Waals surface area (Å²) in [5, 5.41) is 2.84. The van der Waals surface area contributed by atoms with E-state index in [1.54, 1.807) is 19.1 Å². The van der Waals surface area contributed by atoms with Crippen molar-refractivity contribution in [3.8, 4) is 0 Å². The molecule has 2 aromatic rings. The van der Waals surface area contributed by atoms with E-state index in [-0.39, 0.29) is 42.7 Å². The average Bonchev–Trinajstić information content (AvgIpc) is 2.59. The van der Waals surface area contributed by atoms with Gasteiger partial charge < -0.3 is 11.1 Å². The predicted octanol–water partition coefficient (Wildman–Crippen LogP) is 2.21. The van der Waals surface area contributed by atoms with Crippen molar-refractivity contribution in [1.29, 1.82) is 0 Å². The first kappa shape index (κ1) is 23.1. The van der Waals surface area contributed by atoms with Gasteiger partial charge in [-0.2, -0.15) is 0 Å². The molecule has 0 bridgehead atoms. The lowest BCUT2D eigenvalue weighted by molar-refractivity contribution is -0.121. The molecule has 2 rings (SSSR count). The molecule has 0 saturated carbocycles. The zero-order chi connectivity index (χ0) is 19.2. The number of nitrogens with one attached hydrogen (secondary N) is 2. The molecule has 0 spiro atoms. The topological polar surface area (TPSA) is 101 Å². The van der Waals surface area contributed by atoms with E-state index in [4.69, 9.17) is 5.73 Å². The zero-order valence-electron chi connectivity index (χ0n) is 15.4. The van der Waals surface area contributed by atoms with Gasteiger partial charge >= 0.3 is 0 Å². The van der Waals surface area contributed by atoms with E-state index in [0.29, 0.717) is 5.56 Å². The number of halogens is 1. The van der Waals surface area contributed by atoms with Crippen molar-refractivity contribution < 1.29 is 13.2 Å². The van der Waals surface area contributed by atoms with Gasteiger partial charge in [0, 0.05) is 19.5 Å². The number of carbonyl (C=O) groups excluding carboxylic acids is 1. The van der Waals surface area contributed by atoms with Gasteiger partial charge in [0.2, 0.25) is 15.9 Å². The summed E-state index contributed by atoms with van der Waals surface area (Å²) in [5.41, 5.74) is 7.92. The Bertz CT molecular complexity index is 858. The molecule has 148 valence electrons. The molecule has 27 heavy (non-hydrogen) atoms. The van der Waals surface area contributed by atoms with Gasteiger partial charge in [0.05, 0.1) is 10.9 Å².